The third kappa shape index (κ3) is 3.93. The fourth-order valence-electron chi connectivity index (χ4n) is 1.57. The van der Waals surface area contributed by atoms with Crippen LogP contribution in [0.1, 0.15) is 32.3 Å². The van der Waals surface area contributed by atoms with E-state index >= 15 is 0 Å². The van der Waals surface area contributed by atoms with Crippen molar-refractivity contribution in [2.45, 2.75) is 33.1 Å². The second kappa shape index (κ2) is 5.41. The maximum absolute atomic E-state index is 10.9. The van der Waals surface area contributed by atoms with Gasteiger partial charge in [-0.15, -0.1) is 0 Å². The molecule has 17 heavy (non-hydrogen) atoms. The highest BCUT2D eigenvalue weighted by Crippen LogP contribution is 2.25. The molecule has 0 saturated carbocycles. The Morgan fingerprint density at radius 2 is 2.12 bits per heavy atom. The molecule has 0 saturated heterocycles. The van der Waals surface area contributed by atoms with Gasteiger partial charge in [0.25, 0.3) is 0 Å². The van der Waals surface area contributed by atoms with Crippen LogP contribution < -0.4 is 5.73 Å². The summed E-state index contributed by atoms with van der Waals surface area (Å²) in [5, 5.41) is 9.54. The summed E-state index contributed by atoms with van der Waals surface area (Å²) in [6.07, 6.45) is 2.28. The first-order chi connectivity index (χ1) is 7.83. The van der Waals surface area contributed by atoms with E-state index in [9.17, 15) is 4.79 Å². The monoisotopic (exact) mass is 255 g/mol. The molecule has 0 aliphatic heterocycles. The lowest BCUT2D eigenvalue weighted by Gasteiger charge is -2.18. The molecule has 0 heterocycles. The molecular formula is C13H18ClNO2. The third-order valence-electron chi connectivity index (χ3n) is 2.91. The summed E-state index contributed by atoms with van der Waals surface area (Å²) in [7, 11) is 0. The van der Waals surface area contributed by atoms with Gasteiger partial charge >= 0.3 is 5.97 Å². The molecule has 1 rings (SSSR count). The van der Waals surface area contributed by atoms with E-state index in [4.69, 9.17) is 22.4 Å². The molecule has 94 valence electrons. The molecule has 3 nitrogen and oxygen atoms in total. The van der Waals surface area contributed by atoms with Crippen molar-refractivity contribution in [2.24, 2.45) is 5.41 Å². The molecule has 0 unspecified atom stereocenters. The minimum Gasteiger partial charge on any atom is -0.481 e. The van der Waals surface area contributed by atoms with Crippen LogP contribution in [-0.2, 0) is 11.2 Å². The minimum absolute atomic E-state index is 0.556. The van der Waals surface area contributed by atoms with Crippen molar-refractivity contribution >= 4 is 23.3 Å². The van der Waals surface area contributed by atoms with E-state index in [1.165, 1.54) is 0 Å². The van der Waals surface area contributed by atoms with E-state index in [-0.39, 0.29) is 0 Å². The van der Waals surface area contributed by atoms with Crippen LogP contribution in [0, 0.1) is 5.41 Å². The van der Waals surface area contributed by atoms with E-state index in [1.807, 2.05) is 12.1 Å². The largest absolute Gasteiger partial charge is 0.481 e. The van der Waals surface area contributed by atoms with Crippen molar-refractivity contribution in [1.82, 2.24) is 0 Å². The van der Waals surface area contributed by atoms with Crippen LogP contribution in [0.2, 0.25) is 5.02 Å². The Labute approximate surface area is 107 Å². The average Bonchev–Trinajstić information content (AvgIpc) is 2.23. The smallest absolute Gasteiger partial charge is 0.309 e. The van der Waals surface area contributed by atoms with Crippen LogP contribution in [0.3, 0.4) is 0 Å². The van der Waals surface area contributed by atoms with Crippen LogP contribution in [0.15, 0.2) is 18.2 Å². The molecule has 0 aromatic heterocycles. The van der Waals surface area contributed by atoms with Crippen LogP contribution >= 0.6 is 11.6 Å². The SMILES string of the molecule is CC(C)(CCCc1ccc(N)c(Cl)c1)C(=O)O. The highest BCUT2D eigenvalue weighted by atomic mass is 35.5. The molecule has 1 aromatic carbocycles. The predicted molar refractivity (Wildman–Crippen MR) is 70.2 cm³/mol. The number of anilines is 1. The number of halogens is 1. The number of carboxylic acid groups (broad SMARTS) is 1. The molecule has 4 heteroatoms. The number of hydrogen-bond acceptors (Lipinski definition) is 2. The van der Waals surface area contributed by atoms with Crippen molar-refractivity contribution < 1.29 is 9.90 Å². The molecule has 3 N–H and O–H groups in total. The summed E-state index contributed by atoms with van der Waals surface area (Å²) in [6.45, 7) is 3.48. The first-order valence-corrected chi connectivity index (χ1v) is 5.98. The Morgan fingerprint density at radius 3 is 2.65 bits per heavy atom. The molecule has 0 spiro atoms. The van der Waals surface area contributed by atoms with Crippen molar-refractivity contribution in [2.75, 3.05) is 5.73 Å². The number of benzene rings is 1. The summed E-state index contributed by atoms with van der Waals surface area (Å²) >= 11 is 5.91. The Hall–Kier alpha value is -1.22. The van der Waals surface area contributed by atoms with Crippen molar-refractivity contribution in [3.8, 4) is 0 Å². The Bertz CT molecular complexity index is 416. The van der Waals surface area contributed by atoms with Gasteiger partial charge in [0.2, 0.25) is 0 Å². The average molecular weight is 256 g/mol. The number of hydrogen-bond donors (Lipinski definition) is 2. The van der Waals surface area contributed by atoms with Crippen LogP contribution in [0.4, 0.5) is 5.69 Å². The predicted octanol–water partition coefficient (Wildman–Crippen LogP) is 3.36. The third-order valence-corrected chi connectivity index (χ3v) is 3.24. The Balaban J connectivity index is 2.51. The molecule has 0 fully saturated rings. The van der Waals surface area contributed by atoms with Crippen molar-refractivity contribution in [1.29, 1.82) is 0 Å². The Kier molecular flexibility index (Phi) is 4.40. The first kappa shape index (κ1) is 13.8. The zero-order valence-electron chi connectivity index (χ0n) is 10.2. The maximum atomic E-state index is 10.9. The maximum Gasteiger partial charge on any atom is 0.309 e. The summed E-state index contributed by atoms with van der Waals surface area (Å²) in [5.41, 5.74) is 6.61. The fourth-order valence-corrected chi connectivity index (χ4v) is 1.77. The molecular weight excluding hydrogens is 238 g/mol. The van der Waals surface area contributed by atoms with Crippen LogP contribution in [0.25, 0.3) is 0 Å². The number of aliphatic carboxylic acids is 1. The first-order valence-electron chi connectivity index (χ1n) is 5.60. The van der Waals surface area contributed by atoms with Gasteiger partial charge in [-0.1, -0.05) is 17.7 Å². The fraction of sp³-hybridized carbons (Fsp3) is 0.462. The Morgan fingerprint density at radius 1 is 1.47 bits per heavy atom. The number of rotatable bonds is 5. The lowest BCUT2D eigenvalue weighted by Crippen LogP contribution is -2.23. The zero-order chi connectivity index (χ0) is 13.1. The van der Waals surface area contributed by atoms with E-state index in [2.05, 4.69) is 0 Å². The van der Waals surface area contributed by atoms with Gasteiger partial charge in [-0.05, 0) is 50.8 Å². The molecule has 1 aromatic rings. The highest BCUT2D eigenvalue weighted by molar-refractivity contribution is 6.33. The van der Waals surface area contributed by atoms with E-state index in [1.54, 1.807) is 19.9 Å². The molecule has 0 aliphatic carbocycles. The quantitative estimate of drug-likeness (QED) is 0.793. The normalized spacial score (nSPS) is 11.5. The summed E-state index contributed by atoms with van der Waals surface area (Å²) in [4.78, 5) is 10.9. The molecule has 0 bridgehead atoms. The van der Waals surface area contributed by atoms with Gasteiger partial charge in [-0.25, -0.2) is 0 Å². The number of carboxylic acids is 1. The lowest BCUT2D eigenvalue weighted by atomic mass is 9.87. The van der Waals surface area contributed by atoms with E-state index < -0.39 is 11.4 Å². The summed E-state index contributed by atoms with van der Waals surface area (Å²) < 4.78 is 0. The summed E-state index contributed by atoms with van der Waals surface area (Å²) in [6, 6.07) is 5.54. The lowest BCUT2D eigenvalue weighted by molar-refractivity contribution is -0.147. The van der Waals surface area contributed by atoms with Gasteiger partial charge in [0.15, 0.2) is 0 Å². The minimum atomic E-state index is -0.757. The van der Waals surface area contributed by atoms with Crippen molar-refractivity contribution in [3.63, 3.8) is 0 Å². The number of aryl methyl sites for hydroxylation is 1. The number of nitrogens with two attached hydrogens (primary N) is 1. The van der Waals surface area contributed by atoms with Gasteiger partial charge in [0, 0.05) is 0 Å². The van der Waals surface area contributed by atoms with Crippen LogP contribution in [0.5, 0.6) is 0 Å². The van der Waals surface area contributed by atoms with Gasteiger partial charge in [-0.2, -0.15) is 0 Å². The van der Waals surface area contributed by atoms with E-state index in [0.717, 1.165) is 18.4 Å². The topological polar surface area (TPSA) is 63.3 Å². The molecule has 0 atom stereocenters. The molecule has 0 radical (unpaired) electrons. The highest BCUT2D eigenvalue weighted by Gasteiger charge is 2.26. The van der Waals surface area contributed by atoms with Gasteiger partial charge in [0.1, 0.15) is 0 Å². The second-order valence-corrected chi connectivity index (χ2v) is 5.31. The van der Waals surface area contributed by atoms with E-state index in [0.29, 0.717) is 17.1 Å². The standard InChI is InChI=1S/C13H18ClNO2/c1-13(2,12(16)17)7-3-4-9-5-6-11(15)10(14)8-9/h5-6,8H,3-4,7,15H2,1-2H3,(H,16,17). The zero-order valence-corrected chi connectivity index (χ0v) is 10.9. The van der Waals surface area contributed by atoms with Gasteiger partial charge in [0.05, 0.1) is 16.1 Å². The summed E-state index contributed by atoms with van der Waals surface area (Å²) in [5.74, 6) is -0.757. The molecule has 0 amide bonds. The number of nitrogen functional groups attached to an aromatic ring is 1. The van der Waals surface area contributed by atoms with Gasteiger partial charge < -0.3 is 10.8 Å². The second-order valence-electron chi connectivity index (χ2n) is 4.90. The molecule has 0 aliphatic rings. The number of carbonyl (C=O) groups is 1. The van der Waals surface area contributed by atoms with Gasteiger partial charge in [-0.3, -0.25) is 4.79 Å². The van der Waals surface area contributed by atoms with Crippen molar-refractivity contribution in [3.05, 3.63) is 28.8 Å². The van der Waals surface area contributed by atoms with Crippen LogP contribution in [-0.4, -0.2) is 11.1 Å².